The Hall–Kier alpha value is -0.910. The highest BCUT2D eigenvalue weighted by Crippen LogP contribution is 2.44. The van der Waals surface area contributed by atoms with Crippen LogP contribution in [0.5, 0.6) is 0 Å². The third kappa shape index (κ3) is 3.92. The molecular formula is C8H15O7P. The Morgan fingerprint density at radius 3 is 1.88 bits per heavy atom. The molecule has 7 nitrogen and oxygen atoms in total. The zero-order valence-electron chi connectivity index (χ0n) is 8.79. The molecule has 0 bridgehead atoms. The molecule has 0 saturated heterocycles. The fourth-order valence-electron chi connectivity index (χ4n) is 1.35. The lowest BCUT2D eigenvalue weighted by Crippen LogP contribution is -2.42. The average molecular weight is 254 g/mol. The Kier molecular flexibility index (Phi) is 5.12. The summed E-state index contributed by atoms with van der Waals surface area (Å²) in [5.74, 6) is -3.42. The summed E-state index contributed by atoms with van der Waals surface area (Å²) in [4.78, 5) is 39.3. The summed E-state index contributed by atoms with van der Waals surface area (Å²) in [6.07, 6.45) is -0.647. The quantitative estimate of drug-likeness (QED) is 0.384. The molecule has 16 heavy (non-hydrogen) atoms. The van der Waals surface area contributed by atoms with Crippen molar-refractivity contribution < 1.29 is 34.2 Å². The molecule has 0 amide bonds. The summed E-state index contributed by atoms with van der Waals surface area (Å²) in [7, 11) is -4.70. The number of aliphatic carboxylic acids is 2. The molecule has 0 aromatic rings. The van der Waals surface area contributed by atoms with E-state index in [1.54, 1.807) is 6.92 Å². The first-order valence-electron chi connectivity index (χ1n) is 4.67. The number of carbonyl (C=O) groups is 2. The fraction of sp³-hybridized carbons (Fsp3) is 0.750. The monoisotopic (exact) mass is 254 g/mol. The van der Waals surface area contributed by atoms with Crippen LogP contribution in [0.2, 0.25) is 0 Å². The number of carboxylic acids is 2. The number of unbranched alkanes of at least 4 members (excludes halogenated alkanes) is 1. The van der Waals surface area contributed by atoms with Gasteiger partial charge in [0, 0.05) is 0 Å². The predicted octanol–water partition coefficient (Wildman–Crippen LogP) is 0.510. The molecule has 4 N–H and O–H groups in total. The lowest BCUT2D eigenvalue weighted by Gasteiger charge is -2.24. The molecule has 0 radical (unpaired) electrons. The minimum Gasteiger partial charge on any atom is -0.480 e. The Balaban J connectivity index is 5.18. The van der Waals surface area contributed by atoms with Gasteiger partial charge in [0.15, 0.2) is 5.41 Å². The van der Waals surface area contributed by atoms with E-state index < -0.39 is 31.1 Å². The normalized spacial score (nSPS) is 12.4. The largest absolute Gasteiger partial charge is 0.480 e. The summed E-state index contributed by atoms with van der Waals surface area (Å²) in [6.45, 7) is 1.73. The fourth-order valence-corrected chi connectivity index (χ4v) is 2.48. The molecule has 94 valence electrons. The lowest BCUT2D eigenvalue weighted by atomic mass is 9.85. The second-order valence-electron chi connectivity index (χ2n) is 3.62. The van der Waals surface area contributed by atoms with Crippen LogP contribution in [0.3, 0.4) is 0 Å². The molecule has 8 heteroatoms. The zero-order chi connectivity index (χ0) is 13.0. The molecule has 0 rings (SSSR count). The van der Waals surface area contributed by atoms with Gasteiger partial charge in [0.05, 0.1) is 6.16 Å². The highest BCUT2D eigenvalue weighted by molar-refractivity contribution is 7.51. The van der Waals surface area contributed by atoms with E-state index in [9.17, 15) is 14.2 Å². The molecule has 0 atom stereocenters. The average Bonchev–Trinajstić information content (AvgIpc) is 2.09. The zero-order valence-corrected chi connectivity index (χ0v) is 9.68. The first-order chi connectivity index (χ1) is 7.15. The Morgan fingerprint density at radius 1 is 1.19 bits per heavy atom. The van der Waals surface area contributed by atoms with Crippen LogP contribution >= 0.6 is 7.60 Å². The molecule has 0 heterocycles. The second kappa shape index (κ2) is 5.43. The van der Waals surface area contributed by atoms with Gasteiger partial charge in [-0.15, -0.1) is 0 Å². The van der Waals surface area contributed by atoms with Crippen LogP contribution in [-0.2, 0) is 14.2 Å². The van der Waals surface area contributed by atoms with E-state index in [2.05, 4.69) is 0 Å². The smallest absolute Gasteiger partial charge is 0.327 e. The van der Waals surface area contributed by atoms with Crippen molar-refractivity contribution >= 4 is 19.5 Å². The SMILES string of the molecule is CCCCC(CP(=O)(O)O)(C(=O)O)C(=O)O. The van der Waals surface area contributed by atoms with Crippen molar-refractivity contribution in [3.63, 3.8) is 0 Å². The third-order valence-corrected chi connectivity index (χ3v) is 3.20. The van der Waals surface area contributed by atoms with E-state index >= 15 is 0 Å². The summed E-state index contributed by atoms with van der Waals surface area (Å²) < 4.78 is 10.8. The van der Waals surface area contributed by atoms with Gasteiger partial charge in [-0.3, -0.25) is 14.2 Å². The van der Waals surface area contributed by atoms with Gasteiger partial charge in [0.1, 0.15) is 0 Å². The Morgan fingerprint density at radius 2 is 1.62 bits per heavy atom. The van der Waals surface area contributed by atoms with Gasteiger partial charge in [-0.25, -0.2) is 0 Å². The van der Waals surface area contributed by atoms with Crippen LogP contribution in [-0.4, -0.2) is 38.1 Å². The molecule has 0 aromatic heterocycles. The lowest BCUT2D eigenvalue weighted by molar-refractivity contribution is -0.163. The summed E-state index contributed by atoms with van der Waals surface area (Å²) in [5.41, 5.74) is -2.39. The maximum Gasteiger partial charge on any atom is 0.327 e. The topological polar surface area (TPSA) is 132 Å². The minimum absolute atomic E-state index is 0.276. The maximum atomic E-state index is 10.9. The van der Waals surface area contributed by atoms with E-state index in [0.717, 1.165) is 0 Å². The van der Waals surface area contributed by atoms with Crippen molar-refractivity contribution in [3.05, 3.63) is 0 Å². The van der Waals surface area contributed by atoms with Crippen molar-refractivity contribution in [2.24, 2.45) is 5.41 Å². The van der Waals surface area contributed by atoms with Gasteiger partial charge in [-0.1, -0.05) is 19.8 Å². The van der Waals surface area contributed by atoms with E-state index in [4.69, 9.17) is 20.0 Å². The third-order valence-electron chi connectivity index (χ3n) is 2.25. The Labute approximate surface area is 92.3 Å². The second-order valence-corrected chi connectivity index (χ2v) is 5.26. The first-order valence-corrected chi connectivity index (χ1v) is 6.47. The minimum atomic E-state index is -4.70. The van der Waals surface area contributed by atoms with Crippen LogP contribution in [0.15, 0.2) is 0 Å². The van der Waals surface area contributed by atoms with Crippen molar-refractivity contribution in [1.82, 2.24) is 0 Å². The Bertz CT molecular complexity index is 304. The number of rotatable bonds is 7. The van der Waals surface area contributed by atoms with Gasteiger partial charge in [-0.05, 0) is 6.42 Å². The van der Waals surface area contributed by atoms with Gasteiger partial charge >= 0.3 is 19.5 Å². The van der Waals surface area contributed by atoms with E-state index in [-0.39, 0.29) is 12.8 Å². The first kappa shape index (κ1) is 15.1. The van der Waals surface area contributed by atoms with Crippen LogP contribution in [0.25, 0.3) is 0 Å². The van der Waals surface area contributed by atoms with Crippen LogP contribution in [0.1, 0.15) is 26.2 Å². The number of hydrogen-bond acceptors (Lipinski definition) is 3. The molecular weight excluding hydrogens is 239 g/mol. The predicted molar refractivity (Wildman–Crippen MR) is 54.1 cm³/mol. The van der Waals surface area contributed by atoms with Crippen molar-refractivity contribution in [3.8, 4) is 0 Å². The molecule has 0 spiro atoms. The van der Waals surface area contributed by atoms with Gasteiger partial charge < -0.3 is 20.0 Å². The van der Waals surface area contributed by atoms with Gasteiger partial charge in [0.2, 0.25) is 0 Å². The molecule has 0 aliphatic carbocycles. The highest BCUT2D eigenvalue weighted by atomic mass is 31.2. The summed E-state index contributed by atoms with van der Waals surface area (Å²) in [5, 5.41) is 17.7. The van der Waals surface area contributed by atoms with Gasteiger partial charge in [0.25, 0.3) is 0 Å². The van der Waals surface area contributed by atoms with Gasteiger partial charge in [-0.2, -0.15) is 0 Å². The van der Waals surface area contributed by atoms with Crippen LogP contribution in [0.4, 0.5) is 0 Å². The van der Waals surface area contributed by atoms with Crippen LogP contribution < -0.4 is 0 Å². The molecule has 0 aliphatic heterocycles. The molecule has 0 aliphatic rings. The van der Waals surface area contributed by atoms with Crippen LogP contribution in [0, 0.1) is 5.41 Å². The van der Waals surface area contributed by atoms with E-state index in [1.165, 1.54) is 0 Å². The maximum absolute atomic E-state index is 10.9. The standard InChI is InChI=1S/C8H15O7P/c1-2-3-4-8(6(9)10,7(11)12)5-16(13,14)15/h2-5H2,1H3,(H,9,10)(H,11,12)(H2,13,14,15). The molecule has 0 fully saturated rings. The van der Waals surface area contributed by atoms with E-state index in [0.29, 0.717) is 6.42 Å². The summed E-state index contributed by atoms with van der Waals surface area (Å²) >= 11 is 0. The van der Waals surface area contributed by atoms with Crippen molar-refractivity contribution in [2.75, 3.05) is 6.16 Å². The summed E-state index contributed by atoms with van der Waals surface area (Å²) in [6, 6.07) is 0. The number of hydrogen-bond donors (Lipinski definition) is 4. The van der Waals surface area contributed by atoms with Crippen molar-refractivity contribution in [2.45, 2.75) is 26.2 Å². The number of carboxylic acid groups (broad SMARTS) is 2. The van der Waals surface area contributed by atoms with E-state index in [1.807, 2.05) is 0 Å². The van der Waals surface area contributed by atoms with Crippen molar-refractivity contribution in [1.29, 1.82) is 0 Å². The molecule has 0 unspecified atom stereocenters. The molecule has 0 saturated carbocycles. The molecule has 0 aromatic carbocycles. The highest BCUT2D eigenvalue weighted by Gasteiger charge is 2.50.